The molecule has 0 saturated heterocycles. The van der Waals surface area contributed by atoms with Gasteiger partial charge in [0.1, 0.15) is 0 Å². The number of sulfonamides is 1. The normalized spacial score (nSPS) is 12.1. The van der Waals surface area contributed by atoms with E-state index in [1.165, 1.54) is 18.3 Å². The van der Waals surface area contributed by atoms with E-state index >= 15 is 0 Å². The molecule has 0 unspecified atom stereocenters. The third kappa shape index (κ3) is 4.73. The lowest BCUT2D eigenvalue weighted by Gasteiger charge is -2.11. The molecule has 27 heavy (non-hydrogen) atoms. The second kappa shape index (κ2) is 7.91. The van der Waals surface area contributed by atoms with E-state index in [4.69, 9.17) is 0 Å². The lowest BCUT2D eigenvalue weighted by molar-refractivity contribution is -0.385. The minimum atomic E-state index is -4.00. The van der Waals surface area contributed by atoms with E-state index in [9.17, 15) is 18.5 Å². The van der Waals surface area contributed by atoms with Gasteiger partial charge >= 0.3 is 0 Å². The first-order valence-corrected chi connectivity index (χ1v) is 9.98. The predicted octanol–water partition coefficient (Wildman–Crippen LogP) is 3.29. The Kier molecular flexibility index (Phi) is 6.04. The Morgan fingerprint density at radius 1 is 1.26 bits per heavy atom. The van der Waals surface area contributed by atoms with Gasteiger partial charge < -0.3 is 4.57 Å². The maximum Gasteiger partial charge on any atom is 0.276 e. The van der Waals surface area contributed by atoms with E-state index in [1.807, 2.05) is 19.9 Å². The van der Waals surface area contributed by atoms with Gasteiger partial charge in [0.05, 0.1) is 16.0 Å². The summed E-state index contributed by atoms with van der Waals surface area (Å²) in [5.41, 5.74) is 3.01. The first-order valence-electron chi connectivity index (χ1n) is 8.49. The van der Waals surface area contributed by atoms with Crippen molar-refractivity contribution in [2.45, 2.75) is 46.1 Å². The molecule has 0 fully saturated rings. The van der Waals surface area contributed by atoms with Crippen LogP contribution in [0.1, 0.15) is 36.4 Å². The molecule has 0 bridgehead atoms. The third-order valence-corrected chi connectivity index (χ3v) is 5.44. The van der Waals surface area contributed by atoms with Crippen LogP contribution in [0, 0.1) is 36.8 Å². The molecule has 2 aromatic rings. The van der Waals surface area contributed by atoms with Gasteiger partial charge in [0, 0.05) is 35.1 Å². The molecule has 0 atom stereocenters. The van der Waals surface area contributed by atoms with Crippen LogP contribution < -0.4 is 4.83 Å². The van der Waals surface area contributed by atoms with Crippen molar-refractivity contribution in [3.63, 3.8) is 0 Å². The standard InChI is InChI=1S/C18H24N4O4S/c1-12(2)11-21-14(4)8-16(15(21)5)10-19-20-27(25,26)17-7-6-13(3)18(9-17)22(23)24/h6-10,12,20H,11H2,1-5H3/b19-10+. The number of nitro benzene ring substituents is 1. The molecule has 1 aromatic carbocycles. The van der Waals surface area contributed by atoms with Crippen molar-refractivity contribution in [3.8, 4) is 0 Å². The van der Waals surface area contributed by atoms with Gasteiger partial charge in [-0.15, -0.1) is 0 Å². The van der Waals surface area contributed by atoms with Crippen LogP contribution in [-0.4, -0.2) is 24.1 Å². The number of hydrogen-bond donors (Lipinski definition) is 1. The number of nitrogens with zero attached hydrogens (tertiary/aromatic N) is 3. The van der Waals surface area contributed by atoms with Crippen LogP contribution in [0.15, 0.2) is 34.3 Å². The maximum absolute atomic E-state index is 12.4. The van der Waals surface area contributed by atoms with Gasteiger partial charge in [-0.3, -0.25) is 10.1 Å². The van der Waals surface area contributed by atoms with Crippen LogP contribution in [0.2, 0.25) is 0 Å². The van der Waals surface area contributed by atoms with Crippen molar-refractivity contribution in [3.05, 3.63) is 56.9 Å². The summed E-state index contributed by atoms with van der Waals surface area (Å²) in [5, 5.41) is 14.8. The predicted molar refractivity (Wildman–Crippen MR) is 104 cm³/mol. The van der Waals surface area contributed by atoms with Gasteiger partial charge in [-0.05, 0) is 38.8 Å². The lowest BCUT2D eigenvalue weighted by Crippen LogP contribution is -2.18. The molecule has 0 aliphatic heterocycles. The van der Waals surface area contributed by atoms with Crippen molar-refractivity contribution >= 4 is 21.9 Å². The van der Waals surface area contributed by atoms with E-state index in [-0.39, 0.29) is 10.6 Å². The molecule has 9 heteroatoms. The fourth-order valence-electron chi connectivity index (χ4n) is 2.78. The summed E-state index contributed by atoms with van der Waals surface area (Å²) < 4.78 is 26.9. The van der Waals surface area contributed by atoms with Crippen molar-refractivity contribution in [2.24, 2.45) is 11.0 Å². The fraction of sp³-hybridized carbons (Fsp3) is 0.389. The average molecular weight is 392 g/mol. The first-order chi connectivity index (χ1) is 12.5. The van der Waals surface area contributed by atoms with Gasteiger partial charge in [-0.25, -0.2) is 4.83 Å². The van der Waals surface area contributed by atoms with Gasteiger partial charge in [0.25, 0.3) is 15.7 Å². The Bertz CT molecular complexity index is 991. The summed E-state index contributed by atoms with van der Waals surface area (Å²) in [6.45, 7) is 10.6. The molecule has 0 spiro atoms. The number of aryl methyl sites for hydroxylation is 2. The Hall–Kier alpha value is -2.68. The molecule has 1 heterocycles. The van der Waals surface area contributed by atoms with Crippen LogP contribution >= 0.6 is 0 Å². The highest BCUT2D eigenvalue weighted by Gasteiger charge is 2.19. The zero-order valence-electron chi connectivity index (χ0n) is 16.1. The average Bonchev–Trinajstić information content (AvgIpc) is 2.82. The number of rotatable bonds is 7. The molecular weight excluding hydrogens is 368 g/mol. The van der Waals surface area contributed by atoms with Crippen molar-refractivity contribution in [1.82, 2.24) is 9.40 Å². The summed E-state index contributed by atoms with van der Waals surface area (Å²) in [7, 11) is -4.00. The number of nitro groups is 1. The number of benzene rings is 1. The zero-order chi connectivity index (χ0) is 20.4. The smallest absolute Gasteiger partial charge is 0.276 e. The molecule has 0 amide bonds. The number of aromatic nitrogens is 1. The SMILES string of the molecule is Cc1ccc(S(=O)(=O)N/N=C/c2cc(C)n(CC(C)C)c2C)cc1[N+](=O)[O-]. The van der Waals surface area contributed by atoms with Crippen LogP contribution in [-0.2, 0) is 16.6 Å². The van der Waals surface area contributed by atoms with E-state index in [2.05, 4.69) is 28.3 Å². The van der Waals surface area contributed by atoms with E-state index < -0.39 is 14.9 Å². The highest BCUT2D eigenvalue weighted by atomic mass is 32.2. The summed E-state index contributed by atoms with van der Waals surface area (Å²) in [6.07, 6.45) is 1.44. The Morgan fingerprint density at radius 3 is 2.52 bits per heavy atom. The largest absolute Gasteiger partial charge is 0.348 e. The molecule has 146 valence electrons. The molecule has 1 N–H and O–H groups in total. The molecule has 1 aromatic heterocycles. The Labute approximate surface area is 159 Å². The summed E-state index contributed by atoms with van der Waals surface area (Å²) >= 11 is 0. The number of hydrazone groups is 1. The monoisotopic (exact) mass is 392 g/mol. The van der Waals surface area contributed by atoms with Crippen molar-refractivity contribution in [1.29, 1.82) is 0 Å². The van der Waals surface area contributed by atoms with Crippen LogP contribution in [0.3, 0.4) is 0 Å². The minimum absolute atomic E-state index is 0.206. The zero-order valence-corrected chi connectivity index (χ0v) is 16.9. The van der Waals surface area contributed by atoms with Crippen LogP contribution in [0.5, 0.6) is 0 Å². The summed E-state index contributed by atoms with van der Waals surface area (Å²) in [5.74, 6) is 0.482. The van der Waals surface area contributed by atoms with E-state index in [1.54, 1.807) is 6.92 Å². The minimum Gasteiger partial charge on any atom is -0.348 e. The lowest BCUT2D eigenvalue weighted by atomic mass is 10.2. The first kappa shape index (κ1) is 20.6. The highest BCUT2D eigenvalue weighted by Crippen LogP contribution is 2.22. The number of nitrogens with one attached hydrogen (secondary N) is 1. The summed E-state index contributed by atoms with van der Waals surface area (Å²) in [4.78, 5) is 12.3. The maximum atomic E-state index is 12.4. The molecule has 0 saturated carbocycles. The molecular formula is C18H24N4O4S. The van der Waals surface area contributed by atoms with Crippen LogP contribution in [0.4, 0.5) is 5.69 Å². The molecule has 0 aliphatic rings. The van der Waals surface area contributed by atoms with Gasteiger partial charge in [0.15, 0.2) is 0 Å². The molecule has 0 radical (unpaired) electrons. The second-order valence-corrected chi connectivity index (χ2v) is 8.55. The van der Waals surface area contributed by atoms with E-state index in [0.717, 1.165) is 29.6 Å². The molecule has 8 nitrogen and oxygen atoms in total. The van der Waals surface area contributed by atoms with Crippen LogP contribution in [0.25, 0.3) is 0 Å². The molecule has 2 rings (SSSR count). The van der Waals surface area contributed by atoms with E-state index in [0.29, 0.717) is 11.5 Å². The Morgan fingerprint density at radius 2 is 1.93 bits per heavy atom. The third-order valence-electron chi connectivity index (χ3n) is 4.22. The van der Waals surface area contributed by atoms with Gasteiger partial charge in [-0.1, -0.05) is 19.9 Å². The van der Waals surface area contributed by atoms with Gasteiger partial charge in [0.2, 0.25) is 0 Å². The van der Waals surface area contributed by atoms with Gasteiger partial charge in [-0.2, -0.15) is 13.5 Å². The Balaban J connectivity index is 2.23. The second-order valence-electron chi connectivity index (χ2n) is 6.89. The van der Waals surface area contributed by atoms with Crippen molar-refractivity contribution < 1.29 is 13.3 Å². The fourth-order valence-corrected chi connectivity index (χ4v) is 3.59. The van der Waals surface area contributed by atoms with Crippen molar-refractivity contribution in [2.75, 3.05) is 0 Å². The topological polar surface area (TPSA) is 107 Å². The summed E-state index contributed by atoms with van der Waals surface area (Å²) in [6, 6.07) is 5.68. The molecule has 0 aliphatic carbocycles. The number of hydrogen-bond acceptors (Lipinski definition) is 5. The quantitative estimate of drug-likeness (QED) is 0.443. The highest BCUT2D eigenvalue weighted by molar-refractivity contribution is 7.89.